The van der Waals surface area contributed by atoms with Crippen molar-refractivity contribution in [3.05, 3.63) is 30.6 Å². The maximum absolute atomic E-state index is 12.4. The van der Waals surface area contributed by atoms with Crippen LogP contribution >= 0.6 is 0 Å². The summed E-state index contributed by atoms with van der Waals surface area (Å²) >= 11 is 0. The van der Waals surface area contributed by atoms with Crippen LogP contribution in [0, 0.1) is 17.8 Å². The summed E-state index contributed by atoms with van der Waals surface area (Å²) in [5.74, 6) is 1.73. The van der Waals surface area contributed by atoms with E-state index in [1.807, 2.05) is 24.3 Å². The largest absolute Gasteiger partial charge is 0.454 e. The van der Waals surface area contributed by atoms with Gasteiger partial charge in [-0.15, -0.1) is 0 Å². The van der Waals surface area contributed by atoms with Gasteiger partial charge >= 0.3 is 5.97 Å². The fourth-order valence-corrected chi connectivity index (χ4v) is 6.06. The molecule has 4 saturated carbocycles. The van der Waals surface area contributed by atoms with E-state index in [2.05, 4.69) is 10.3 Å². The Kier molecular flexibility index (Phi) is 3.95. The van der Waals surface area contributed by atoms with E-state index in [0.717, 1.165) is 48.0 Å². The van der Waals surface area contributed by atoms with Gasteiger partial charge in [0.1, 0.15) is 6.54 Å². The smallest absolute Gasteiger partial charge is 0.326 e. The van der Waals surface area contributed by atoms with E-state index in [-0.39, 0.29) is 24.6 Å². The number of carbonyl (C=O) groups excluding carboxylic acids is 2. The fraction of sp³-hybridized carbons (Fsp3) is 0.571. The highest BCUT2D eigenvalue weighted by molar-refractivity contribution is 5.82. The summed E-state index contributed by atoms with van der Waals surface area (Å²) in [6, 6.07) is 7.63. The first kappa shape index (κ1) is 16.8. The number of benzene rings is 1. The Morgan fingerprint density at radius 2 is 1.78 bits per heavy atom. The van der Waals surface area contributed by atoms with Crippen LogP contribution in [-0.2, 0) is 20.9 Å². The third-order valence-corrected chi connectivity index (χ3v) is 6.63. The van der Waals surface area contributed by atoms with Gasteiger partial charge in [-0.05, 0) is 68.4 Å². The van der Waals surface area contributed by atoms with Crippen LogP contribution in [0.3, 0.4) is 0 Å². The number of imidazole rings is 1. The summed E-state index contributed by atoms with van der Waals surface area (Å²) in [5, 5.41) is 3.23. The number of esters is 1. The Morgan fingerprint density at radius 1 is 1.11 bits per heavy atom. The maximum Gasteiger partial charge on any atom is 0.326 e. The minimum absolute atomic E-state index is 0.0429. The average Bonchev–Trinajstić information content (AvgIpc) is 3.01. The number of para-hydroxylation sites is 2. The van der Waals surface area contributed by atoms with E-state index in [9.17, 15) is 9.59 Å². The van der Waals surface area contributed by atoms with Gasteiger partial charge in [-0.25, -0.2) is 4.98 Å². The Balaban J connectivity index is 1.16. The number of nitrogens with one attached hydrogen (secondary N) is 1. The molecule has 4 aliphatic carbocycles. The number of hydrogen-bond donors (Lipinski definition) is 1. The Labute approximate surface area is 158 Å². The molecule has 0 saturated heterocycles. The Hall–Kier alpha value is -2.37. The van der Waals surface area contributed by atoms with Crippen LogP contribution in [-0.4, -0.2) is 33.6 Å². The molecule has 1 amide bonds. The highest BCUT2D eigenvalue weighted by Crippen LogP contribution is 2.55. The molecule has 0 atom stereocenters. The van der Waals surface area contributed by atoms with Crippen molar-refractivity contribution in [3.8, 4) is 0 Å². The van der Waals surface area contributed by atoms with Crippen LogP contribution in [0.25, 0.3) is 11.0 Å². The second-order valence-electron chi connectivity index (χ2n) is 8.77. The standard InChI is InChI=1S/C21H25N3O3/c25-19(23-21-8-14-5-15(9-21)7-16(6-14)10-21)12-27-20(26)11-24-13-22-17-3-1-2-4-18(17)24/h1-4,13-16H,5-12H2,(H,23,25). The van der Waals surface area contributed by atoms with Crippen LogP contribution < -0.4 is 5.32 Å². The summed E-state index contributed by atoms with van der Waals surface area (Å²) in [6.07, 6.45) is 8.93. The lowest BCUT2D eigenvalue weighted by molar-refractivity contribution is -0.150. The second-order valence-corrected chi connectivity index (χ2v) is 8.77. The molecule has 4 aliphatic rings. The topological polar surface area (TPSA) is 73.2 Å². The van der Waals surface area contributed by atoms with Crippen molar-refractivity contribution in [1.82, 2.24) is 14.9 Å². The average molecular weight is 367 g/mol. The lowest BCUT2D eigenvalue weighted by Gasteiger charge is -2.56. The molecule has 1 heterocycles. The van der Waals surface area contributed by atoms with E-state index in [1.165, 1.54) is 19.3 Å². The van der Waals surface area contributed by atoms with E-state index < -0.39 is 5.97 Å². The van der Waals surface area contributed by atoms with Gasteiger partial charge in [0, 0.05) is 5.54 Å². The van der Waals surface area contributed by atoms with Crippen molar-refractivity contribution in [1.29, 1.82) is 0 Å². The molecule has 1 aromatic heterocycles. The van der Waals surface area contributed by atoms with Crippen molar-refractivity contribution < 1.29 is 14.3 Å². The van der Waals surface area contributed by atoms with Crippen LogP contribution in [0.2, 0.25) is 0 Å². The summed E-state index contributed by atoms with van der Waals surface area (Å²) in [5.41, 5.74) is 1.68. The van der Waals surface area contributed by atoms with E-state index in [1.54, 1.807) is 10.9 Å². The van der Waals surface area contributed by atoms with Gasteiger partial charge in [-0.1, -0.05) is 12.1 Å². The fourth-order valence-electron chi connectivity index (χ4n) is 6.06. The number of fused-ring (bicyclic) bond motifs is 1. The highest BCUT2D eigenvalue weighted by atomic mass is 16.5. The summed E-state index contributed by atoms with van der Waals surface area (Å²) in [4.78, 5) is 28.9. The molecule has 1 N–H and O–H groups in total. The molecular weight excluding hydrogens is 342 g/mol. The van der Waals surface area contributed by atoms with Crippen molar-refractivity contribution in [3.63, 3.8) is 0 Å². The molecule has 0 spiro atoms. The van der Waals surface area contributed by atoms with Gasteiger partial charge in [0.25, 0.3) is 5.91 Å². The zero-order chi connectivity index (χ0) is 18.4. The van der Waals surface area contributed by atoms with Crippen LogP contribution in [0.1, 0.15) is 38.5 Å². The number of ether oxygens (including phenoxy) is 1. The molecular formula is C21H25N3O3. The number of amides is 1. The molecule has 2 aromatic rings. The molecule has 27 heavy (non-hydrogen) atoms. The van der Waals surface area contributed by atoms with Gasteiger partial charge < -0.3 is 14.6 Å². The summed E-state index contributed by atoms with van der Waals surface area (Å²) in [7, 11) is 0. The zero-order valence-electron chi connectivity index (χ0n) is 15.4. The van der Waals surface area contributed by atoms with Gasteiger partial charge in [-0.3, -0.25) is 9.59 Å². The molecule has 6 rings (SSSR count). The summed E-state index contributed by atoms with van der Waals surface area (Å²) < 4.78 is 6.99. The molecule has 1 aromatic carbocycles. The van der Waals surface area contributed by atoms with E-state index >= 15 is 0 Å². The first-order chi connectivity index (χ1) is 13.1. The number of nitrogens with zero attached hydrogens (tertiary/aromatic N) is 2. The van der Waals surface area contributed by atoms with E-state index in [0.29, 0.717) is 0 Å². The number of rotatable bonds is 5. The molecule has 0 aliphatic heterocycles. The molecule has 4 bridgehead atoms. The highest BCUT2D eigenvalue weighted by Gasteiger charge is 2.51. The molecule has 142 valence electrons. The van der Waals surface area contributed by atoms with Crippen molar-refractivity contribution in [2.24, 2.45) is 17.8 Å². The van der Waals surface area contributed by atoms with E-state index in [4.69, 9.17) is 4.74 Å². The predicted octanol–water partition coefficient (Wildman–Crippen LogP) is 2.66. The van der Waals surface area contributed by atoms with Gasteiger partial charge in [0.15, 0.2) is 6.61 Å². The third kappa shape index (κ3) is 3.22. The normalized spacial score (nSPS) is 31.2. The lowest BCUT2D eigenvalue weighted by Crippen LogP contribution is -2.60. The van der Waals surface area contributed by atoms with Crippen molar-refractivity contribution in [2.75, 3.05) is 6.61 Å². The van der Waals surface area contributed by atoms with Crippen LogP contribution in [0.4, 0.5) is 0 Å². The minimum Gasteiger partial charge on any atom is -0.454 e. The third-order valence-electron chi connectivity index (χ3n) is 6.63. The number of hydrogen-bond acceptors (Lipinski definition) is 4. The number of carbonyl (C=O) groups is 2. The van der Waals surface area contributed by atoms with Crippen molar-refractivity contribution in [2.45, 2.75) is 50.6 Å². The molecule has 4 fully saturated rings. The molecule has 0 radical (unpaired) electrons. The number of aromatic nitrogens is 2. The Bertz CT molecular complexity index is 852. The quantitative estimate of drug-likeness (QED) is 0.825. The molecule has 0 unspecified atom stereocenters. The monoisotopic (exact) mass is 367 g/mol. The summed E-state index contributed by atoms with van der Waals surface area (Å²) in [6.45, 7) is -0.141. The molecule has 6 heteroatoms. The first-order valence-electron chi connectivity index (χ1n) is 9.95. The van der Waals surface area contributed by atoms with Crippen LogP contribution in [0.5, 0.6) is 0 Å². The first-order valence-corrected chi connectivity index (χ1v) is 9.95. The van der Waals surface area contributed by atoms with Gasteiger partial charge in [0.2, 0.25) is 0 Å². The maximum atomic E-state index is 12.4. The molecule has 6 nitrogen and oxygen atoms in total. The SMILES string of the molecule is O=C(COC(=O)Cn1cnc2ccccc21)NC12CC3CC(CC(C3)C1)C2. The lowest BCUT2D eigenvalue weighted by atomic mass is 9.53. The van der Waals surface area contributed by atoms with Gasteiger partial charge in [0.05, 0.1) is 17.4 Å². The Morgan fingerprint density at radius 3 is 2.48 bits per heavy atom. The predicted molar refractivity (Wildman–Crippen MR) is 99.7 cm³/mol. The zero-order valence-corrected chi connectivity index (χ0v) is 15.4. The van der Waals surface area contributed by atoms with Crippen molar-refractivity contribution >= 4 is 22.9 Å². The van der Waals surface area contributed by atoms with Gasteiger partial charge in [-0.2, -0.15) is 0 Å². The minimum atomic E-state index is -0.418. The second kappa shape index (κ2) is 6.36. The van der Waals surface area contributed by atoms with Crippen LogP contribution in [0.15, 0.2) is 30.6 Å².